The van der Waals surface area contributed by atoms with Crippen molar-refractivity contribution in [3.05, 3.63) is 11.1 Å². The predicted octanol–water partition coefficient (Wildman–Crippen LogP) is 0.682. The van der Waals surface area contributed by atoms with Crippen molar-refractivity contribution in [1.29, 1.82) is 0 Å². The number of hydrogen-bond acceptors (Lipinski definition) is 7. The van der Waals surface area contributed by atoms with Crippen LogP contribution in [0.4, 0.5) is 14.7 Å². The number of anilines is 1. The molecule has 0 bridgehead atoms. The Kier molecular flexibility index (Phi) is 7.66. The third kappa shape index (κ3) is 6.06. The minimum Gasteiger partial charge on any atom is -0.450 e. The van der Waals surface area contributed by atoms with E-state index in [4.69, 9.17) is 4.74 Å². The van der Waals surface area contributed by atoms with Gasteiger partial charge < -0.3 is 24.3 Å². The number of rotatable bonds is 4. The van der Waals surface area contributed by atoms with Gasteiger partial charge in [0.15, 0.2) is 5.13 Å². The van der Waals surface area contributed by atoms with Crippen molar-refractivity contribution in [1.82, 2.24) is 24.6 Å². The van der Waals surface area contributed by atoms with Crippen LogP contribution >= 0.6 is 11.3 Å². The van der Waals surface area contributed by atoms with Gasteiger partial charge in [0.05, 0.1) is 18.7 Å². The Bertz CT molecular complexity index is 814. The summed E-state index contributed by atoms with van der Waals surface area (Å²) in [4.78, 5) is 59.1. The maximum absolute atomic E-state index is 12.5. The number of piperazine rings is 2. The molecular formula is C19H28N6O5S. The average Bonchev–Trinajstić information content (AvgIpc) is 3.20. The molecule has 0 spiro atoms. The van der Waals surface area contributed by atoms with Gasteiger partial charge in [0, 0.05) is 64.7 Å². The van der Waals surface area contributed by atoms with E-state index in [2.05, 4.69) is 10.3 Å². The number of aromatic nitrogens is 1. The second kappa shape index (κ2) is 10.4. The summed E-state index contributed by atoms with van der Waals surface area (Å²) >= 11 is 1.27. The summed E-state index contributed by atoms with van der Waals surface area (Å²) in [7, 11) is 0. The lowest BCUT2D eigenvalue weighted by Gasteiger charge is -2.34. The molecule has 3 heterocycles. The van der Waals surface area contributed by atoms with E-state index in [1.165, 1.54) is 18.3 Å². The molecule has 0 unspecified atom stereocenters. The summed E-state index contributed by atoms with van der Waals surface area (Å²) in [6, 6.07) is -0.281. The van der Waals surface area contributed by atoms with Gasteiger partial charge in [0.25, 0.3) is 0 Å². The topological polar surface area (TPSA) is 115 Å². The maximum Gasteiger partial charge on any atom is 0.409 e. The van der Waals surface area contributed by atoms with Gasteiger partial charge in [-0.25, -0.2) is 14.6 Å². The van der Waals surface area contributed by atoms with E-state index in [1.54, 1.807) is 31.9 Å². The predicted molar refractivity (Wildman–Crippen MR) is 114 cm³/mol. The smallest absolute Gasteiger partial charge is 0.409 e. The molecule has 0 saturated carbocycles. The molecule has 1 N–H and O–H groups in total. The van der Waals surface area contributed by atoms with Crippen LogP contribution in [0.2, 0.25) is 0 Å². The van der Waals surface area contributed by atoms with Gasteiger partial charge in [-0.3, -0.25) is 14.9 Å². The maximum atomic E-state index is 12.5. The lowest BCUT2D eigenvalue weighted by atomic mass is 10.2. The summed E-state index contributed by atoms with van der Waals surface area (Å²) in [5.41, 5.74) is 0.603. The Hall–Kier alpha value is -2.89. The van der Waals surface area contributed by atoms with E-state index in [0.717, 1.165) is 0 Å². The van der Waals surface area contributed by atoms with Gasteiger partial charge in [-0.2, -0.15) is 0 Å². The largest absolute Gasteiger partial charge is 0.450 e. The summed E-state index contributed by atoms with van der Waals surface area (Å²) in [6.07, 6.45) is -0.204. The monoisotopic (exact) mass is 452 g/mol. The van der Waals surface area contributed by atoms with Crippen LogP contribution in [0, 0.1) is 0 Å². The van der Waals surface area contributed by atoms with Gasteiger partial charge in [-0.15, -0.1) is 11.3 Å². The molecule has 2 fully saturated rings. The van der Waals surface area contributed by atoms with Crippen molar-refractivity contribution >= 4 is 40.4 Å². The third-order valence-corrected chi connectivity index (χ3v) is 6.08. The van der Waals surface area contributed by atoms with E-state index in [1.807, 2.05) is 0 Å². The fourth-order valence-corrected chi connectivity index (χ4v) is 4.16. The lowest BCUT2D eigenvalue weighted by molar-refractivity contribution is -0.138. The van der Waals surface area contributed by atoms with Crippen molar-refractivity contribution in [3.63, 3.8) is 0 Å². The van der Waals surface area contributed by atoms with Crippen molar-refractivity contribution in [3.8, 4) is 0 Å². The number of carbonyl (C=O) groups is 4. The molecule has 0 aromatic carbocycles. The molecule has 0 atom stereocenters. The summed E-state index contributed by atoms with van der Waals surface area (Å²) < 4.78 is 4.98. The first kappa shape index (κ1) is 22.8. The van der Waals surface area contributed by atoms with Crippen molar-refractivity contribution in [2.45, 2.75) is 20.3 Å². The second-order valence-electron chi connectivity index (χ2n) is 7.31. The van der Waals surface area contributed by atoms with Crippen molar-refractivity contribution in [2.75, 3.05) is 64.3 Å². The van der Waals surface area contributed by atoms with Crippen LogP contribution in [-0.4, -0.2) is 107 Å². The van der Waals surface area contributed by atoms with Crippen LogP contribution in [0.25, 0.3) is 0 Å². The van der Waals surface area contributed by atoms with E-state index in [0.29, 0.717) is 69.8 Å². The van der Waals surface area contributed by atoms with Crippen molar-refractivity contribution in [2.24, 2.45) is 0 Å². The van der Waals surface area contributed by atoms with E-state index in [9.17, 15) is 19.2 Å². The van der Waals surface area contributed by atoms with E-state index < -0.39 is 0 Å². The highest BCUT2D eigenvalue weighted by Gasteiger charge is 2.26. The number of urea groups is 1. The Balaban J connectivity index is 1.44. The number of nitrogens with one attached hydrogen (secondary N) is 1. The summed E-state index contributed by atoms with van der Waals surface area (Å²) in [5.74, 6) is -0.0178. The Labute approximate surface area is 184 Å². The minimum atomic E-state index is -0.362. The number of ether oxygens (including phenoxy) is 1. The molecule has 0 aliphatic carbocycles. The SMILES string of the molecule is CCOC(=O)N1CCN(C(=O)Nc2nc(CC(=O)N3CCN(C(C)=O)CC3)cs2)CC1. The highest BCUT2D eigenvalue weighted by molar-refractivity contribution is 7.13. The molecular weight excluding hydrogens is 424 g/mol. The van der Waals surface area contributed by atoms with Crippen LogP contribution in [0.5, 0.6) is 0 Å². The van der Waals surface area contributed by atoms with Gasteiger partial charge in [-0.05, 0) is 6.92 Å². The molecule has 2 aliphatic rings. The number of hydrogen-bond donors (Lipinski definition) is 1. The molecule has 0 radical (unpaired) electrons. The number of amides is 5. The molecule has 2 aliphatic heterocycles. The molecule has 12 heteroatoms. The zero-order chi connectivity index (χ0) is 22.4. The number of thiazole rings is 1. The average molecular weight is 453 g/mol. The van der Waals surface area contributed by atoms with Gasteiger partial charge in [0.1, 0.15) is 0 Å². The first-order valence-corrected chi connectivity index (χ1v) is 11.2. The highest BCUT2D eigenvalue weighted by atomic mass is 32.1. The number of carbonyl (C=O) groups excluding carboxylic acids is 4. The standard InChI is InChI=1S/C19H28N6O5S/c1-3-30-19(29)25-10-8-24(9-11-25)18(28)21-17-20-15(13-31-17)12-16(27)23-6-4-22(5-7-23)14(2)26/h13H,3-12H2,1-2H3,(H,20,21,28). The van der Waals surface area contributed by atoms with Crippen LogP contribution < -0.4 is 5.32 Å². The Morgan fingerprint density at radius 2 is 1.55 bits per heavy atom. The van der Waals surface area contributed by atoms with Crippen LogP contribution in [-0.2, 0) is 20.7 Å². The van der Waals surface area contributed by atoms with Gasteiger partial charge >= 0.3 is 12.1 Å². The fourth-order valence-electron chi connectivity index (χ4n) is 3.46. The Morgan fingerprint density at radius 3 is 2.16 bits per heavy atom. The van der Waals surface area contributed by atoms with Crippen LogP contribution in [0.3, 0.4) is 0 Å². The normalized spacial score (nSPS) is 16.8. The quantitative estimate of drug-likeness (QED) is 0.718. The molecule has 1 aromatic heterocycles. The van der Waals surface area contributed by atoms with Gasteiger partial charge in [-0.1, -0.05) is 0 Å². The molecule has 2 saturated heterocycles. The first-order valence-electron chi connectivity index (χ1n) is 10.3. The molecule has 5 amide bonds. The second-order valence-corrected chi connectivity index (χ2v) is 8.17. The first-order chi connectivity index (χ1) is 14.9. The molecule has 1 aromatic rings. The zero-order valence-electron chi connectivity index (χ0n) is 17.8. The Morgan fingerprint density at radius 1 is 0.968 bits per heavy atom. The van der Waals surface area contributed by atoms with E-state index >= 15 is 0 Å². The van der Waals surface area contributed by atoms with Gasteiger partial charge in [0.2, 0.25) is 11.8 Å². The van der Waals surface area contributed by atoms with E-state index in [-0.39, 0.29) is 30.4 Å². The molecule has 3 rings (SSSR count). The third-order valence-electron chi connectivity index (χ3n) is 5.27. The summed E-state index contributed by atoms with van der Waals surface area (Å²) in [6.45, 7) is 7.39. The minimum absolute atomic E-state index is 0.0225. The molecule has 31 heavy (non-hydrogen) atoms. The van der Waals surface area contributed by atoms with Crippen molar-refractivity contribution < 1.29 is 23.9 Å². The molecule has 11 nitrogen and oxygen atoms in total. The zero-order valence-corrected chi connectivity index (χ0v) is 18.7. The molecule has 170 valence electrons. The lowest BCUT2D eigenvalue weighted by Crippen LogP contribution is -2.51. The highest BCUT2D eigenvalue weighted by Crippen LogP contribution is 2.18. The van der Waals surface area contributed by atoms with Crippen LogP contribution in [0.15, 0.2) is 5.38 Å². The van der Waals surface area contributed by atoms with Crippen LogP contribution in [0.1, 0.15) is 19.5 Å². The fraction of sp³-hybridized carbons (Fsp3) is 0.632. The summed E-state index contributed by atoms with van der Waals surface area (Å²) in [5, 5.41) is 4.96. The number of nitrogens with zero attached hydrogens (tertiary/aromatic N) is 5.